The van der Waals surface area contributed by atoms with Gasteiger partial charge in [-0.15, -0.1) is 0 Å². The van der Waals surface area contributed by atoms with Gasteiger partial charge in [0.05, 0.1) is 12.0 Å². The molecule has 1 N–H and O–H groups in total. The molecule has 0 bridgehead atoms. The lowest BCUT2D eigenvalue weighted by Gasteiger charge is -2.34. The van der Waals surface area contributed by atoms with Crippen molar-refractivity contribution in [3.8, 4) is 6.07 Å². The van der Waals surface area contributed by atoms with E-state index in [1.807, 2.05) is 59.4 Å². The zero-order valence-corrected chi connectivity index (χ0v) is 15.2. The summed E-state index contributed by atoms with van der Waals surface area (Å²) < 4.78 is 3.00. The number of nitriles is 1. The minimum Gasteiger partial charge on any atom is -0.761 e. The highest BCUT2D eigenvalue weighted by atomic mass is 79.9. The van der Waals surface area contributed by atoms with Crippen LogP contribution in [0.25, 0.3) is 0 Å². The Balaban J connectivity index is 2.18. The molecular formula is C17H12BrN3S2. The quantitative estimate of drug-likeness (QED) is 0.476. The average Bonchev–Trinajstić information content (AvgIpc) is 2.56. The molecular weight excluding hydrogens is 390 g/mol. The maximum atomic E-state index is 9.62. The van der Waals surface area contributed by atoms with E-state index in [1.165, 1.54) is 0 Å². The number of aromatic nitrogens is 1. The second kappa shape index (κ2) is 6.75. The number of pyridine rings is 1. The Kier molecular flexibility index (Phi) is 4.71. The first kappa shape index (κ1) is 16.1. The Morgan fingerprint density at radius 1 is 1.17 bits per heavy atom. The van der Waals surface area contributed by atoms with Crippen LogP contribution in [0.1, 0.15) is 17.5 Å². The predicted octanol–water partition coefficient (Wildman–Crippen LogP) is 3.27. The molecule has 2 aromatic rings. The van der Waals surface area contributed by atoms with Crippen molar-refractivity contribution in [2.75, 3.05) is 0 Å². The van der Waals surface area contributed by atoms with E-state index in [2.05, 4.69) is 27.3 Å². The first-order valence-electron chi connectivity index (χ1n) is 6.95. The van der Waals surface area contributed by atoms with Crippen LogP contribution < -0.4 is 9.88 Å². The van der Waals surface area contributed by atoms with Crippen molar-refractivity contribution in [2.24, 2.45) is 0 Å². The monoisotopic (exact) mass is 401 g/mol. The summed E-state index contributed by atoms with van der Waals surface area (Å²) in [4.78, 5) is 0.623. The lowest BCUT2D eigenvalue weighted by Crippen LogP contribution is -2.52. The number of nitrogens with one attached hydrogen (secondary N) is 1. The van der Waals surface area contributed by atoms with Crippen LogP contribution in [0, 0.1) is 11.3 Å². The van der Waals surface area contributed by atoms with Gasteiger partial charge < -0.3 is 17.9 Å². The van der Waals surface area contributed by atoms with E-state index in [-0.39, 0.29) is 12.0 Å². The number of hydrogen-bond acceptors (Lipinski definition) is 3. The maximum absolute atomic E-state index is 9.62. The lowest BCUT2D eigenvalue weighted by atomic mass is 9.83. The van der Waals surface area contributed by atoms with E-state index in [4.69, 9.17) is 24.8 Å². The summed E-state index contributed by atoms with van der Waals surface area (Å²) in [5, 5.41) is 13.1. The number of nitrogens with zero attached hydrogens (tertiary/aromatic N) is 2. The Morgan fingerprint density at radius 3 is 2.43 bits per heavy atom. The van der Waals surface area contributed by atoms with E-state index in [9.17, 15) is 5.26 Å². The minimum atomic E-state index is -0.207. The molecule has 0 fully saturated rings. The molecule has 0 saturated carbocycles. The molecule has 1 aromatic heterocycles. The summed E-state index contributed by atoms with van der Waals surface area (Å²) >= 11 is 14.3. The zero-order valence-electron chi connectivity index (χ0n) is 11.9. The molecule has 6 heteroatoms. The molecule has 3 rings (SSSR count). The van der Waals surface area contributed by atoms with Gasteiger partial charge in [-0.3, -0.25) is 0 Å². The molecule has 1 aliphatic rings. The normalized spacial score (nSPS) is 20.8. The van der Waals surface area contributed by atoms with Gasteiger partial charge in [0.1, 0.15) is 4.99 Å². The third-order valence-electron chi connectivity index (χ3n) is 3.79. The summed E-state index contributed by atoms with van der Waals surface area (Å²) in [6.45, 7) is 0. The molecule has 0 aliphatic carbocycles. The van der Waals surface area contributed by atoms with Crippen LogP contribution in [0.3, 0.4) is 0 Å². The highest BCUT2D eigenvalue weighted by Gasteiger charge is 2.40. The van der Waals surface area contributed by atoms with Crippen LogP contribution in [0.4, 0.5) is 0 Å². The third kappa shape index (κ3) is 3.13. The second-order valence-corrected chi connectivity index (χ2v) is 6.90. The molecule has 0 saturated heterocycles. The molecule has 2 atom stereocenters. The molecule has 3 nitrogen and oxygen atoms in total. The van der Waals surface area contributed by atoms with E-state index in [0.717, 1.165) is 10.0 Å². The summed E-state index contributed by atoms with van der Waals surface area (Å²) in [7, 11) is 0. The van der Waals surface area contributed by atoms with Crippen molar-refractivity contribution >= 4 is 45.8 Å². The largest absolute Gasteiger partial charge is 0.761 e. The number of hydrogen-bond donors (Lipinski definition) is 1. The number of allylic oxidation sites excluding steroid dienone is 1. The summed E-state index contributed by atoms with van der Waals surface area (Å²) in [6, 6.07) is 15.8. The van der Waals surface area contributed by atoms with Gasteiger partial charge in [0, 0.05) is 22.2 Å². The van der Waals surface area contributed by atoms with Gasteiger partial charge in [0.15, 0.2) is 12.4 Å². The molecule has 0 spiro atoms. The zero-order chi connectivity index (χ0) is 16.4. The molecule has 0 unspecified atom stereocenters. The van der Waals surface area contributed by atoms with E-state index in [1.54, 1.807) is 0 Å². The SMILES string of the molecule is N#CC1=C([S-])NC(=S)[C@@H]([n+]2ccccc2)[C@@H]1c1ccc(Br)cc1. The lowest BCUT2D eigenvalue weighted by molar-refractivity contribution is -0.708. The Hall–Kier alpha value is -1.81. The number of benzene rings is 1. The van der Waals surface area contributed by atoms with Crippen LogP contribution in [0.2, 0.25) is 0 Å². The van der Waals surface area contributed by atoms with Crippen molar-refractivity contribution in [2.45, 2.75) is 12.0 Å². The van der Waals surface area contributed by atoms with E-state index >= 15 is 0 Å². The number of rotatable bonds is 2. The standard InChI is InChI=1S/C17H12BrN3S2/c18-12-6-4-11(5-7-12)14-13(10-19)16(22)20-17(23)15(14)21-8-2-1-3-9-21/h1-9,14-15H,(H-,20,22,23)/t14-,15+/m1/s1. The van der Waals surface area contributed by atoms with Crippen molar-refractivity contribution in [1.82, 2.24) is 5.32 Å². The minimum absolute atomic E-state index is 0.186. The maximum Gasteiger partial charge on any atom is 0.219 e. The van der Waals surface area contributed by atoms with Crippen LogP contribution >= 0.6 is 28.1 Å². The van der Waals surface area contributed by atoms with Gasteiger partial charge in [-0.1, -0.05) is 51.4 Å². The smallest absolute Gasteiger partial charge is 0.219 e. The molecule has 0 radical (unpaired) electrons. The molecule has 114 valence electrons. The van der Waals surface area contributed by atoms with Gasteiger partial charge in [-0.25, -0.2) is 0 Å². The molecule has 0 amide bonds. The first-order chi connectivity index (χ1) is 11.1. The Bertz CT molecular complexity index is 810. The Labute approximate surface area is 154 Å². The number of thiocarbonyl (C=S) groups is 1. The van der Waals surface area contributed by atoms with Gasteiger partial charge in [-0.2, -0.15) is 9.83 Å². The van der Waals surface area contributed by atoms with Gasteiger partial charge in [0.2, 0.25) is 6.04 Å². The Morgan fingerprint density at radius 2 is 1.83 bits per heavy atom. The number of halogens is 1. The predicted molar refractivity (Wildman–Crippen MR) is 98.3 cm³/mol. The summed E-state index contributed by atoms with van der Waals surface area (Å²) in [6.07, 6.45) is 3.90. The third-order valence-corrected chi connectivity index (χ3v) is 4.98. The fraction of sp³-hybridized carbons (Fsp3) is 0.118. The summed E-state index contributed by atoms with van der Waals surface area (Å²) in [5.41, 5.74) is 1.55. The first-order valence-corrected chi connectivity index (χ1v) is 8.56. The molecule has 2 heterocycles. The van der Waals surface area contributed by atoms with Gasteiger partial charge in [-0.05, 0) is 17.7 Å². The topological polar surface area (TPSA) is 39.7 Å². The fourth-order valence-electron chi connectivity index (χ4n) is 2.75. The van der Waals surface area contributed by atoms with Crippen LogP contribution in [0.5, 0.6) is 0 Å². The van der Waals surface area contributed by atoms with Crippen LogP contribution in [-0.2, 0) is 12.6 Å². The summed E-state index contributed by atoms with van der Waals surface area (Å²) in [5.74, 6) is -0.207. The van der Waals surface area contributed by atoms with E-state index in [0.29, 0.717) is 15.6 Å². The highest BCUT2D eigenvalue weighted by molar-refractivity contribution is 9.10. The van der Waals surface area contributed by atoms with E-state index < -0.39 is 0 Å². The molecule has 1 aliphatic heterocycles. The fourth-order valence-corrected chi connectivity index (χ4v) is 3.72. The van der Waals surface area contributed by atoms with Crippen molar-refractivity contribution in [3.05, 3.63) is 75.5 Å². The highest BCUT2D eigenvalue weighted by Crippen LogP contribution is 2.37. The van der Waals surface area contributed by atoms with Crippen molar-refractivity contribution < 1.29 is 4.57 Å². The molecule has 1 aromatic carbocycles. The van der Waals surface area contributed by atoms with Crippen molar-refractivity contribution in [3.63, 3.8) is 0 Å². The average molecular weight is 402 g/mol. The van der Waals surface area contributed by atoms with Crippen LogP contribution in [0.15, 0.2) is 69.9 Å². The van der Waals surface area contributed by atoms with Gasteiger partial charge >= 0.3 is 0 Å². The van der Waals surface area contributed by atoms with Crippen molar-refractivity contribution in [1.29, 1.82) is 5.26 Å². The second-order valence-electron chi connectivity index (χ2n) is 5.14. The molecule has 23 heavy (non-hydrogen) atoms. The van der Waals surface area contributed by atoms with Gasteiger partial charge in [0.25, 0.3) is 0 Å². The van der Waals surface area contributed by atoms with Crippen LogP contribution in [-0.4, -0.2) is 4.99 Å².